The molecule has 0 saturated carbocycles. The van der Waals surface area contributed by atoms with Gasteiger partial charge in [-0.05, 0) is 43.2 Å². The van der Waals surface area contributed by atoms with Crippen molar-refractivity contribution in [2.75, 3.05) is 18.4 Å². The minimum atomic E-state index is 0.0781. The Kier molecular flexibility index (Phi) is 4.78. The Balaban J connectivity index is 1.45. The van der Waals surface area contributed by atoms with Crippen molar-refractivity contribution >= 4 is 17.7 Å². The number of carbonyl (C=O) groups is 1. The van der Waals surface area contributed by atoms with Crippen molar-refractivity contribution in [1.29, 1.82) is 0 Å². The molecule has 1 aliphatic rings. The Hall–Kier alpha value is -3.28. The molecular weight excluding hydrogens is 338 g/mol. The van der Waals surface area contributed by atoms with E-state index in [0.29, 0.717) is 18.3 Å². The number of aromatic nitrogens is 3. The maximum atomic E-state index is 12.6. The molecule has 1 N–H and O–H groups in total. The van der Waals surface area contributed by atoms with Crippen LogP contribution in [0.5, 0.6) is 0 Å². The van der Waals surface area contributed by atoms with Crippen molar-refractivity contribution in [2.45, 2.75) is 19.3 Å². The molecule has 3 aromatic rings. The number of carbonyl (C=O) groups excluding carboxylic acids is 1. The van der Waals surface area contributed by atoms with Crippen molar-refractivity contribution < 1.29 is 4.79 Å². The molecule has 3 heterocycles. The van der Waals surface area contributed by atoms with Gasteiger partial charge >= 0.3 is 0 Å². The smallest absolute Gasteiger partial charge is 0.253 e. The van der Waals surface area contributed by atoms with Gasteiger partial charge in [-0.25, -0.2) is 15.0 Å². The maximum absolute atomic E-state index is 12.6. The Bertz CT molecular complexity index is 927. The third-order valence-corrected chi connectivity index (χ3v) is 4.74. The summed E-state index contributed by atoms with van der Waals surface area (Å²) < 4.78 is 0. The fourth-order valence-electron chi connectivity index (χ4n) is 3.27. The third kappa shape index (κ3) is 3.95. The van der Waals surface area contributed by atoms with Crippen LogP contribution < -0.4 is 5.32 Å². The quantitative estimate of drug-likeness (QED) is 0.771. The highest BCUT2D eigenvalue weighted by Gasteiger charge is 2.29. The van der Waals surface area contributed by atoms with Crippen molar-refractivity contribution in [3.8, 4) is 0 Å². The van der Waals surface area contributed by atoms with E-state index >= 15 is 0 Å². The molecule has 136 valence electrons. The second-order valence-corrected chi connectivity index (χ2v) is 6.75. The summed E-state index contributed by atoms with van der Waals surface area (Å²) in [5, 5.41) is 3.14. The number of likely N-dealkylation sites (tertiary alicyclic amines) is 1. The van der Waals surface area contributed by atoms with Gasteiger partial charge in [-0.2, -0.15) is 0 Å². The molecule has 0 spiro atoms. The van der Waals surface area contributed by atoms with Crippen LogP contribution in [-0.4, -0.2) is 38.8 Å². The van der Waals surface area contributed by atoms with Crippen molar-refractivity contribution in [1.82, 2.24) is 19.9 Å². The zero-order valence-corrected chi connectivity index (χ0v) is 15.2. The van der Waals surface area contributed by atoms with Gasteiger partial charge < -0.3 is 10.2 Å². The Labute approximate surface area is 158 Å². The zero-order chi connectivity index (χ0) is 18.6. The van der Waals surface area contributed by atoms with Gasteiger partial charge in [-0.15, -0.1) is 0 Å². The van der Waals surface area contributed by atoms with E-state index in [-0.39, 0.29) is 11.8 Å². The number of anilines is 2. The number of nitrogens with zero attached hydrogens (tertiary/aromatic N) is 4. The first-order chi connectivity index (χ1) is 13.2. The normalized spacial score (nSPS) is 16.3. The highest BCUT2D eigenvalue weighted by Crippen LogP contribution is 2.27. The van der Waals surface area contributed by atoms with Crippen LogP contribution in [-0.2, 0) is 0 Å². The second-order valence-electron chi connectivity index (χ2n) is 6.75. The van der Waals surface area contributed by atoms with Crippen LogP contribution in [0.2, 0.25) is 0 Å². The van der Waals surface area contributed by atoms with Gasteiger partial charge in [0.15, 0.2) is 0 Å². The summed E-state index contributed by atoms with van der Waals surface area (Å²) in [6.45, 7) is 3.41. The predicted octanol–water partition coefficient (Wildman–Crippen LogP) is 3.55. The fourth-order valence-corrected chi connectivity index (χ4v) is 3.27. The monoisotopic (exact) mass is 359 g/mol. The first kappa shape index (κ1) is 17.1. The van der Waals surface area contributed by atoms with Crippen LogP contribution in [0.3, 0.4) is 0 Å². The van der Waals surface area contributed by atoms with Crippen molar-refractivity contribution in [3.63, 3.8) is 0 Å². The van der Waals surface area contributed by atoms with E-state index in [9.17, 15) is 4.79 Å². The first-order valence-electron chi connectivity index (χ1n) is 9.06. The molecule has 4 rings (SSSR count). The molecule has 0 aliphatic carbocycles. The number of nitrogens with one attached hydrogen (secondary N) is 1. The largest absolute Gasteiger partial charge is 0.338 e. The molecule has 1 saturated heterocycles. The van der Waals surface area contributed by atoms with Gasteiger partial charge in [0.25, 0.3) is 5.91 Å². The van der Waals surface area contributed by atoms with Crippen molar-refractivity contribution in [2.24, 2.45) is 0 Å². The lowest BCUT2D eigenvalue weighted by Gasteiger charge is -2.16. The number of benzene rings is 1. The van der Waals surface area contributed by atoms with Crippen LogP contribution in [0.25, 0.3) is 0 Å². The number of rotatable bonds is 4. The molecule has 0 bridgehead atoms. The Morgan fingerprint density at radius 3 is 2.74 bits per heavy atom. The molecule has 6 heteroatoms. The van der Waals surface area contributed by atoms with Crippen LogP contribution in [0.4, 0.5) is 11.8 Å². The summed E-state index contributed by atoms with van der Waals surface area (Å²) in [5.41, 5.74) is 2.78. The van der Waals surface area contributed by atoms with Crippen LogP contribution in [0.1, 0.15) is 34.0 Å². The number of hydrogen-bond acceptors (Lipinski definition) is 5. The summed E-state index contributed by atoms with van der Waals surface area (Å²) in [6.07, 6.45) is 4.45. The summed E-state index contributed by atoms with van der Waals surface area (Å²) >= 11 is 0. The van der Waals surface area contributed by atoms with E-state index in [1.165, 1.54) is 0 Å². The summed E-state index contributed by atoms with van der Waals surface area (Å²) in [6, 6.07) is 15.2. The highest BCUT2D eigenvalue weighted by molar-refractivity contribution is 5.94. The van der Waals surface area contributed by atoms with E-state index in [4.69, 9.17) is 0 Å². The lowest BCUT2D eigenvalue weighted by Crippen LogP contribution is -2.28. The Morgan fingerprint density at radius 2 is 1.96 bits per heavy atom. The van der Waals surface area contributed by atoms with Gasteiger partial charge in [0.05, 0.1) is 5.69 Å². The van der Waals surface area contributed by atoms with Gasteiger partial charge in [0.1, 0.15) is 5.82 Å². The van der Waals surface area contributed by atoms with Crippen LogP contribution in [0.15, 0.2) is 60.9 Å². The Morgan fingerprint density at radius 1 is 1.11 bits per heavy atom. The average molecular weight is 359 g/mol. The first-order valence-corrected chi connectivity index (χ1v) is 9.06. The SMILES string of the molecule is Cc1ccc(Nc2nccc(C3CCN(C(=O)c4ccccc4)C3)n2)nc1. The molecule has 1 aromatic carbocycles. The van der Waals surface area contributed by atoms with E-state index in [2.05, 4.69) is 20.3 Å². The summed E-state index contributed by atoms with van der Waals surface area (Å²) in [7, 11) is 0. The van der Waals surface area contributed by atoms with Crippen molar-refractivity contribution in [3.05, 3.63) is 77.7 Å². The molecular formula is C21H21N5O. The molecule has 1 atom stereocenters. The number of aryl methyl sites for hydroxylation is 1. The molecule has 27 heavy (non-hydrogen) atoms. The third-order valence-electron chi connectivity index (χ3n) is 4.74. The highest BCUT2D eigenvalue weighted by atomic mass is 16.2. The van der Waals surface area contributed by atoms with E-state index < -0.39 is 0 Å². The molecule has 6 nitrogen and oxygen atoms in total. The molecule has 1 aliphatic heterocycles. The minimum absolute atomic E-state index is 0.0781. The molecule has 1 fully saturated rings. The second kappa shape index (κ2) is 7.53. The average Bonchev–Trinajstić information content (AvgIpc) is 3.20. The van der Waals surface area contributed by atoms with Gasteiger partial charge in [-0.1, -0.05) is 24.3 Å². The summed E-state index contributed by atoms with van der Waals surface area (Å²) in [5.74, 6) is 1.53. The van der Waals surface area contributed by atoms with E-state index in [0.717, 1.165) is 29.8 Å². The lowest BCUT2D eigenvalue weighted by molar-refractivity contribution is 0.0790. The number of amides is 1. The number of pyridine rings is 1. The van der Waals surface area contributed by atoms with Gasteiger partial charge in [0.2, 0.25) is 5.95 Å². The fraction of sp³-hybridized carbons (Fsp3) is 0.238. The lowest BCUT2D eigenvalue weighted by atomic mass is 10.1. The van der Waals surface area contributed by atoms with E-state index in [1.807, 2.05) is 60.4 Å². The predicted molar refractivity (Wildman–Crippen MR) is 104 cm³/mol. The van der Waals surface area contributed by atoms with Gasteiger partial charge in [0, 0.05) is 37.0 Å². The number of hydrogen-bond donors (Lipinski definition) is 1. The molecule has 1 amide bonds. The molecule has 1 unspecified atom stereocenters. The van der Waals surface area contributed by atoms with Gasteiger partial charge in [-0.3, -0.25) is 4.79 Å². The summed E-state index contributed by atoms with van der Waals surface area (Å²) in [4.78, 5) is 27.8. The molecule has 2 aromatic heterocycles. The topological polar surface area (TPSA) is 71.0 Å². The molecule has 0 radical (unpaired) electrons. The zero-order valence-electron chi connectivity index (χ0n) is 15.2. The minimum Gasteiger partial charge on any atom is -0.338 e. The standard InChI is InChI=1S/C21H21N5O/c1-15-7-8-19(23-13-15)25-21-22-11-9-18(24-21)17-10-12-26(14-17)20(27)16-5-3-2-4-6-16/h2-9,11,13,17H,10,12,14H2,1H3,(H,22,23,24,25). The maximum Gasteiger partial charge on any atom is 0.253 e. The van der Waals surface area contributed by atoms with E-state index in [1.54, 1.807) is 12.4 Å². The van der Waals surface area contributed by atoms with Crippen LogP contribution in [0, 0.1) is 6.92 Å². The van der Waals surface area contributed by atoms with Crippen LogP contribution >= 0.6 is 0 Å².